The summed E-state index contributed by atoms with van der Waals surface area (Å²) < 4.78 is 9.07. The maximum atomic E-state index is 12.8. The molecule has 0 bridgehead atoms. The molecule has 1 aromatic carbocycles. The van der Waals surface area contributed by atoms with E-state index < -0.39 is 0 Å². The fourth-order valence-corrected chi connectivity index (χ4v) is 3.07. The second kappa shape index (κ2) is 6.97. The van der Waals surface area contributed by atoms with Gasteiger partial charge in [0, 0.05) is 37.0 Å². The van der Waals surface area contributed by atoms with E-state index in [0.717, 1.165) is 16.6 Å². The smallest absolute Gasteiger partial charge is 0.253 e. The molecule has 4 rings (SSSR count). The van der Waals surface area contributed by atoms with Crippen LogP contribution in [0, 0.1) is 0 Å². The first-order valence-corrected chi connectivity index (χ1v) is 8.41. The van der Waals surface area contributed by atoms with Crippen LogP contribution in [0.4, 0.5) is 0 Å². The van der Waals surface area contributed by atoms with E-state index in [2.05, 4.69) is 15.5 Å². The Morgan fingerprint density at radius 3 is 2.88 bits per heavy atom. The first-order chi connectivity index (χ1) is 12.8. The van der Waals surface area contributed by atoms with Gasteiger partial charge in [-0.25, -0.2) is 0 Å². The van der Waals surface area contributed by atoms with Crippen molar-refractivity contribution in [1.82, 2.24) is 24.5 Å². The van der Waals surface area contributed by atoms with Crippen molar-refractivity contribution in [3.63, 3.8) is 0 Å². The van der Waals surface area contributed by atoms with Crippen molar-refractivity contribution in [1.29, 1.82) is 0 Å². The predicted octanol–water partition coefficient (Wildman–Crippen LogP) is 2.26. The number of methoxy groups -OCH3 is 1. The van der Waals surface area contributed by atoms with Gasteiger partial charge in [0.25, 0.3) is 5.91 Å². The van der Waals surface area contributed by atoms with Crippen molar-refractivity contribution >= 4 is 22.5 Å². The average Bonchev–Trinajstić information content (AvgIpc) is 3.26. The van der Waals surface area contributed by atoms with Crippen molar-refractivity contribution in [3.05, 3.63) is 66.2 Å². The van der Waals surface area contributed by atoms with Crippen LogP contribution in [0.15, 0.2) is 54.9 Å². The molecule has 3 aromatic heterocycles. The highest BCUT2D eigenvalue weighted by atomic mass is 16.5. The Bertz CT molecular complexity index is 1070. The molecule has 1 amide bonds. The molecule has 132 valence electrons. The SMILES string of the molecule is COCCn1cc(C(=O)NCc2nnc3ccccn23)c2ccccc21. The van der Waals surface area contributed by atoms with Gasteiger partial charge in [-0.15, -0.1) is 10.2 Å². The van der Waals surface area contributed by atoms with Crippen LogP contribution >= 0.6 is 0 Å². The Labute approximate surface area is 150 Å². The van der Waals surface area contributed by atoms with Crippen molar-refractivity contribution in [2.75, 3.05) is 13.7 Å². The van der Waals surface area contributed by atoms with Gasteiger partial charge in [-0.2, -0.15) is 0 Å². The number of carbonyl (C=O) groups is 1. The normalized spacial score (nSPS) is 11.3. The van der Waals surface area contributed by atoms with Gasteiger partial charge in [-0.05, 0) is 18.2 Å². The molecule has 3 heterocycles. The molecule has 0 spiro atoms. The van der Waals surface area contributed by atoms with Crippen LogP contribution in [0.5, 0.6) is 0 Å². The molecule has 0 radical (unpaired) electrons. The highest BCUT2D eigenvalue weighted by Gasteiger charge is 2.15. The Morgan fingerprint density at radius 1 is 1.15 bits per heavy atom. The van der Waals surface area contributed by atoms with E-state index in [-0.39, 0.29) is 5.91 Å². The summed E-state index contributed by atoms with van der Waals surface area (Å²) in [5.41, 5.74) is 2.42. The van der Waals surface area contributed by atoms with Crippen LogP contribution in [-0.2, 0) is 17.8 Å². The minimum absolute atomic E-state index is 0.134. The van der Waals surface area contributed by atoms with E-state index in [1.165, 1.54) is 0 Å². The number of hydrogen-bond donors (Lipinski definition) is 1. The second-order valence-electron chi connectivity index (χ2n) is 5.97. The predicted molar refractivity (Wildman–Crippen MR) is 98.0 cm³/mol. The lowest BCUT2D eigenvalue weighted by Gasteiger charge is -2.03. The van der Waals surface area contributed by atoms with Gasteiger partial charge in [-0.1, -0.05) is 24.3 Å². The molecule has 0 unspecified atom stereocenters. The molecule has 26 heavy (non-hydrogen) atoms. The molecule has 0 aliphatic heterocycles. The molecule has 0 aliphatic carbocycles. The van der Waals surface area contributed by atoms with E-state index in [1.54, 1.807) is 7.11 Å². The third-order valence-corrected chi connectivity index (χ3v) is 4.36. The summed E-state index contributed by atoms with van der Waals surface area (Å²) in [4.78, 5) is 12.8. The van der Waals surface area contributed by atoms with Crippen molar-refractivity contribution < 1.29 is 9.53 Å². The number of nitrogens with one attached hydrogen (secondary N) is 1. The summed E-state index contributed by atoms with van der Waals surface area (Å²) in [6.07, 6.45) is 3.76. The number of nitrogens with zero attached hydrogens (tertiary/aromatic N) is 4. The zero-order chi connectivity index (χ0) is 17.9. The lowest BCUT2D eigenvalue weighted by molar-refractivity contribution is 0.0951. The molecule has 0 fully saturated rings. The lowest BCUT2D eigenvalue weighted by Crippen LogP contribution is -2.23. The minimum Gasteiger partial charge on any atom is -0.383 e. The molecule has 0 atom stereocenters. The Morgan fingerprint density at radius 2 is 2.00 bits per heavy atom. The number of ether oxygens (including phenoxy) is 1. The zero-order valence-corrected chi connectivity index (χ0v) is 14.4. The summed E-state index contributed by atoms with van der Waals surface area (Å²) in [5.74, 6) is 0.558. The summed E-state index contributed by atoms with van der Waals surface area (Å²) in [7, 11) is 1.67. The van der Waals surface area contributed by atoms with Crippen molar-refractivity contribution in [2.45, 2.75) is 13.1 Å². The summed E-state index contributed by atoms with van der Waals surface area (Å²) in [5, 5.41) is 12.1. The van der Waals surface area contributed by atoms with Crippen LogP contribution < -0.4 is 5.32 Å². The van der Waals surface area contributed by atoms with E-state index in [9.17, 15) is 4.79 Å². The fraction of sp³-hybridized carbons (Fsp3) is 0.211. The van der Waals surface area contributed by atoms with Gasteiger partial charge in [0.1, 0.15) is 0 Å². The third-order valence-electron chi connectivity index (χ3n) is 4.36. The summed E-state index contributed by atoms with van der Waals surface area (Å²) >= 11 is 0. The molecule has 0 aliphatic rings. The summed E-state index contributed by atoms with van der Waals surface area (Å²) in [6, 6.07) is 13.6. The van der Waals surface area contributed by atoms with E-state index in [1.807, 2.05) is 63.8 Å². The Kier molecular flexibility index (Phi) is 4.37. The Balaban J connectivity index is 1.58. The van der Waals surface area contributed by atoms with Gasteiger partial charge in [0.15, 0.2) is 11.5 Å². The minimum atomic E-state index is -0.134. The lowest BCUT2D eigenvalue weighted by atomic mass is 10.1. The van der Waals surface area contributed by atoms with Crippen LogP contribution in [-0.4, -0.2) is 38.8 Å². The van der Waals surface area contributed by atoms with E-state index >= 15 is 0 Å². The quantitative estimate of drug-likeness (QED) is 0.579. The molecule has 0 saturated heterocycles. The summed E-state index contributed by atoms with van der Waals surface area (Å²) in [6.45, 7) is 1.59. The number of hydrogen-bond acceptors (Lipinski definition) is 4. The van der Waals surface area contributed by atoms with Crippen molar-refractivity contribution in [2.24, 2.45) is 0 Å². The molecule has 1 N–H and O–H groups in total. The standard InChI is InChI=1S/C19H19N5O2/c1-26-11-10-23-13-15(14-6-2-3-7-16(14)23)19(25)20-12-18-22-21-17-8-4-5-9-24(17)18/h2-9,13H,10-12H2,1H3,(H,20,25). The number of pyridine rings is 1. The van der Waals surface area contributed by atoms with Crippen LogP contribution in [0.2, 0.25) is 0 Å². The first kappa shape index (κ1) is 16.3. The topological polar surface area (TPSA) is 73.4 Å². The molecule has 7 heteroatoms. The number of rotatable bonds is 6. The monoisotopic (exact) mass is 349 g/mol. The maximum Gasteiger partial charge on any atom is 0.253 e. The zero-order valence-electron chi connectivity index (χ0n) is 14.4. The van der Waals surface area contributed by atoms with Gasteiger partial charge in [0.05, 0.1) is 18.7 Å². The van der Waals surface area contributed by atoms with E-state index in [4.69, 9.17) is 4.74 Å². The molecule has 7 nitrogen and oxygen atoms in total. The molecular formula is C19H19N5O2. The number of fused-ring (bicyclic) bond motifs is 2. The molecule has 4 aromatic rings. The van der Waals surface area contributed by atoms with Crippen LogP contribution in [0.3, 0.4) is 0 Å². The Hall–Kier alpha value is -3.19. The van der Waals surface area contributed by atoms with Crippen LogP contribution in [0.25, 0.3) is 16.6 Å². The molecular weight excluding hydrogens is 330 g/mol. The average molecular weight is 349 g/mol. The number of aromatic nitrogens is 4. The number of para-hydroxylation sites is 1. The number of benzene rings is 1. The third kappa shape index (κ3) is 2.93. The van der Waals surface area contributed by atoms with Gasteiger partial charge in [-0.3, -0.25) is 9.20 Å². The highest BCUT2D eigenvalue weighted by molar-refractivity contribution is 6.06. The second-order valence-corrected chi connectivity index (χ2v) is 5.97. The molecule has 0 saturated carbocycles. The maximum absolute atomic E-state index is 12.8. The van der Waals surface area contributed by atoms with E-state index in [0.29, 0.717) is 31.1 Å². The van der Waals surface area contributed by atoms with Gasteiger partial charge < -0.3 is 14.6 Å². The number of amides is 1. The van der Waals surface area contributed by atoms with Gasteiger partial charge in [0.2, 0.25) is 0 Å². The largest absolute Gasteiger partial charge is 0.383 e. The number of carbonyl (C=O) groups excluding carboxylic acids is 1. The first-order valence-electron chi connectivity index (χ1n) is 8.41. The van der Waals surface area contributed by atoms with Crippen molar-refractivity contribution in [3.8, 4) is 0 Å². The van der Waals surface area contributed by atoms with Gasteiger partial charge >= 0.3 is 0 Å². The fourth-order valence-electron chi connectivity index (χ4n) is 3.07. The van der Waals surface area contributed by atoms with Crippen LogP contribution in [0.1, 0.15) is 16.2 Å². The highest BCUT2D eigenvalue weighted by Crippen LogP contribution is 2.21.